The number of hydrogen-bond acceptors (Lipinski definition) is 7. The molecule has 210 valence electrons. The van der Waals surface area contributed by atoms with Crippen LogP contribution in [0.3, 0.4) is 0 Å². The van der Waals surface area contributed by atoms with E-state index in [-0.39, 0.29) is 10.8 Å². The van der Waals surface area contributed by atoms with Crippen LogP contribution in [-0.4, -0.2) is 74.8 Å². The smallest absolute Gasteiger partial charge is 0.321 e. The summed E-state index contributed by atoms with van der Waals surface area (Å²) in [6.45, 7) is 8.92. The van der Waals surface area contributed by atoms with Crippen LogP contribution in [0.2, 0.25) is 5.02 Å². The summed E-state index contributed by atoms with van der Waals surface area (Å²) in [6.07, 6.45) is -0.392. The van der Waals surface area contributed by atoms with E-state index in [4.69, 9.17) is 16.3 Å². The highest BCUT2D eigenvalue weighted by Gasteiger charge is 2.23. The van der Waals surface area contributed by atoms with Crippen LogP contribution >= 0.6 is 11.6 Å². The quantitative estimate of drug-likeness (QED) is 0.408. The fourth-order valence-electron chi connectivity index (χ4n) is 4.69. The number of aromatic nitrogens is 1. The highest BCUT2D eigenvalue weighted by atomic mass is 35.5. The minimum atomic E-state index is -3.84. The van der Waals surface area contributed by atoms with E-state index in [2.05, 4.69) is 28.2 Å². The van der Waals surface area contributed by atoms with Crippen molar-refractivity contribution >= 4 is 49.9 Å². The average molecular weight is 575 g/mol. The van der Waals surface area contributed by atoms with Crippen molar-refractivity contribution in [2.45, 2.75) is 37.8 Å². The molecule has 2 aromatic carbocycles. The second-order valence-electron chi connectivity index (χ2n) is 10.3. The van der Waals surface area contributed by atoms with Crippen molar-refractivity contribution in [1.29, 1.82) is 0 Å². The van der Waals surface area contributed by atoms with Crippen LogP contribution in [0.1, 0.15) is 42.9 Å². The largest absolute Gasteiger partial charge is 0.462 e. The number of rotatable bonds is 8. The van der Waals surface area contributed by atoms with Gasteiger partial charge in [0.1, 0.15) is 5.69 Å². The second kappa shape index (κ2) is 11.6. The van der Waals surface area contributed by atoms with Gasteiger partial charge in [0.05, 0.1) is 27.6 Å². The first kappa shape index (κ1) is 28.9. The Bertz CT molecular complexity index is 1480. The number of amides is 1. The summed E-state index contributed by atoms with van der Waals surface area (Å²) in [5.74, 6) is -1.79. The molecule has 1 atom stereocenters. The van der Waals surface area contributed by atoms with E-state index in [0.29, 0.717) is 10.7 Å². The molecule has 0 bridgehead atoms. The molecule has 1 aliphatic rings. The Morgan fingerprint density at radius 1 is 1.00 bits per heavy atom. The molecule has 1 N–H and O–H groups in total. The van der Waals surface area contributed by atoms with Crippen molar-refractivity contribution in [1.82, 2.24) is 14.8 Å². The minimum absolute atomic E-state index is 0.0185. The third kappa shape index (κ3) is 6.57. The van der Waals surface area contributed by atoms with Crippen molar-refractivity contribution in [3.63, 3.8) is 0 Å². The molecule has 1 amide bonds. The summed E-state index contributed by atoms with van der Waals surface area (Å²) in [4.78, 5) is 29.7. The first-order valence-corrected chi connectivity index (χ1v) is 14.9. The SMILES string of the molecule is CC(C)OC(=O)CS(=O)(=O)c1ccc(C(C)NC(=O)c2cc3c(Cl)cc(N4CCN(C)CC4)cc3n2C)cc1. The van der Waals surface area contributed by atoms with Gasteiger partial charge in [-0.25, -0.2) is 8.42 Å². The molecule has 1 aromatic heterocycles. The van der Waals surface area contributed by atoms with E-state index in [1.54, 1.807) is 32.0 Å². The van der Waals surface area contributed by atoms with Gasteiger partial charge in [0, 0.05) is 44.3 Å². The van der Waals surface area contributed by atoms with Crippen molar-refractivity contribution in [3.8, 4) is 0 Å². The molecule has 1 unspecified atom stereocenters. The number of benzene rings is 2. The van der Waals surface area contributed by atoms with Gasteiger partial charge >= 0.3 is 5.97 Å². The van der Waals surface area contributed by atoms with E-state index in [1.807, 2.05) is 24.6 Å². The van der Waals surface area contributed by atoms with Crippen LogP contribution in [0.4, 0.5) is 5.69 Å². The predicted octanol–water partition coefficient (Wildman–Crippen LogP) is 3.80. The van der Waals surface area contributed by atoms with Gasteiger partial charge in [-0.2, -0.15) is 0 Å². The number of fused-ring (bicyclic) bond motifs is 1. The zero-order chi connectivity index (χ0) is 28.5. The Hall–Kier alpha value is -3.08. The Labute approximate surface area is 234 Å². The predicted molar refractivity (Wildman–Crippen MR) is 153 cm³/mol. The van der Waals surface area contributed by atoms with Crippen LogP contribution in [0, 0.1) is 0 Å². The summed E-state index contributed by atoms with van der Waals surface area (Å²) >= 11 is 6.65. The number of nitrogens with one attached hydrogen (secondary N) is 1. The van der Waals surface area contributed by atoms with Crippen molar-refractivity contribution in [3.05, 3.63) is 58.7 Å². The Balaban J connectivity index is 1.48. The molecule has 1 fully saturated rings. The van der Waals surface area contributed by atoms with Gasteiger partial charge in [-0.05, 0) is 63.7 Å². The number of carbonyl (C=O) groups excluding carboxylic acids is 2. The van der Waals surface area contributed by atoms with Crippen molar-refractivity contribution in [2.75, 3.05) is 43.9 Å². The average Bonchev–Trinajstić information content (AvgIpc) is 3.20. The lowest BCUT2D eigenvalue weighted by Crippen LogP contribution is -2.44. The molecular formula is C28H35ClN4O5S. The van der Waals surface area contributed by atoms with Gasteiger partial charge in [-0.15, -0.1) is 0 Å². The number of carbonyl (C=O) groups is 2. The maximum Gasteiger partial charge on any atom is 0.321 e. The molecular weight excluding hydrogens is 540 g/mol. The van der Waals surface area contributed by atoms with Crippen LogP contribution < -0.4 is 10.2 Å². The zero-order valence-corrected chi connectivity index (χ0v) is 24.5. The van der Waals surface area contributed by atoms with E-state index >= 15 is 0 Å². The third-order valence-corrected chi connectivity index (χ3v) is 8.88. The number of likely N-dealkylation sites (N-methyl/N-ethyl adjacent to an activating group) is 1. The number of aryl methyl sites for hydroxylation is 1. The van der Waals surface area contributed by atoms with E-state index in [9.17, 15) is 18.0 Å². The van der Waals surface area contributed by atoms with Crippen LogP contribution in [0.15, 0.2) is 47.4 Å². The molecule has 1 aliphatic heterocycles. The number of anilines is 1. The minimum Gasteiger partial charge on any atom is -0.462 e. The lowest BCUT2D eigenvalue weighted by atomic mass is 10.1. The van der Waals surface area contributed by atoms with Gasteiger partial charge in [-0.3, -0.25) is 9.59 Å². The van der Waals surface area contributed by atoms with Crippen LogP contribution in [0.25, 0.3) is 10.9 Å². The Morgan fingerprint density at radius 3 is 2.26 bits per heavy atom. The van der Waals surface area contributed by atoms with Gasteiger partial charge in [0.25, 0.3) is 5.91 Å². The molecule has 39 heavy (non-hydrogen) atoms. The number of sulfone groups is 1. The summed E-state index contributed by atoms with van der Waals surface area (Å²) in [7, 11) is 0.117. The summed E-state index contributed by atoms with van der Waals surface area (Å²) in [5.41, 5.74) is 3.10. The van der Waals surface area contributed by atoms with Crippen molar-refractivity contribution in [2.24, 2.45) is 7.05 Å². The number of ether oxygens (including phenoxy) is 1. The highest BCUT2D eigenvalue weighted by Crippen LogP contribution is 2.32. The molecule has 0 spiro atoms. The summed E-state index contributed by atoms with van der Waals surface area (Å²) in [6, 6.07) is 11.6. The lowest BCUT2D eigenvalue weighted by molar-refractivity contribution is -0.144. The number of nitrogens with zero attached hydrogens (tertiary/aromatic N) is 3. The number of hydrogen-bond donors (Lipinski definition) is 1. The van der Waals surface area contributed by atoms with Gasteiger partial charge in [0.2, 0.25) is 0 Å². The standard InChI is InChI=1S/C28H35ClN4O5S/c1-18(2)38-27(34)17-39(36,37)22-8-6-20(7-9-22)19(3)30-28(35)26-16-23-24(29)14-21(15-25(23)32(26)5)33-12-10-31(4)11-13-33/h6-9,14-16,18-19H,10-13,17H2,1-5H3,(H,30,35). The first-order chi connectivity index (χ1) is 18.4. The molecule has 0 radical (unpaired) electrons. The summed E-state index contributed by atoms with van der Waals surface area (Å²) < 4.78 is 31.9. The fourth-order valence-corrected chi connectivity index (χ4v) is 6.05. The monoisotopic (exact) mass is 574 g/mol. The number of esters is 1. The molecule has 0 saturated carbocycles. The highest BCUT2D eigenvalue weighted by molar-refractivity contribution is 7.92. The maximum absolute atomic E-state index is 13.3. The second-order valence-corrected chi connectivity index (χ2v) is 12.7. The Morgan fingerprint density at radius 2 is 1.64 bits per heavy atom. The summed E-state index contributed by atoms with van der Waals surface area (Å²) in [5, 5.41) is 4.39. The Kier molecular flexibility index (Phi) is 8.58. The van der Waals surface area contributed by atoms with Crippen molar-refractivity contribution < 1.29 is 22.7 Å². The number of halogens is 1. The maximum atomic E-state index is 13.3. The van der Waals surface area contributed by atoms with Gasteiger partial charge in [0.15, 0.2) is 15.6 Å². The van der Waals surface area contributed by atoms with Crippen LogP contribution in [-0.2, 0) is 26.4 Å². The zero-order valence-electron chi connectivity index (χ0n) is 22.9. The molecule has 4 rings (SSSR count). The van der Waals surface area contributed by atoms with Gasteiger partial charge < -0.3 is 24.4 Å². The molecule has 2 heterocycles. The fraction of sp³-hybridized carbons (Fsp3) is 0.429. The molecule has 1 saturated heterocycles. The normalized spacial score (nSPS) is 15.5. The van der Waals surface area contributed by atoms with Crippen LogP contribution in [0.5, 0.6) is 0 Å². The van der Waals surface area contributed by atoms with Gasteiger partial charge in [-0.1, -0.05) is 23.7 Å². The molecule has 9 nitrogen and oxygen atoms in total. The molecule has 0 aliphatic carbocycles. The van der Waals surface area contributed by atoms with E-state index in [1.165, 1.54) is 12.1 Å². The van der Waals surface area contributed by atoms with E-state index < -0.39 is 33.7 Å². The molecule has 11 heteroatoms. The molecule has 3 aromatic rings. The lowest BCUT2D eigenvalue weighted by Gasteiger charge is -2.34. The number of piperazine rings is 1. The third-order valence-electron chi connectivity index (χ3n) is 6.96. The topological polar surface area (TPSA) is 101 Å². The first-order valence-electron chi connectivity index (χ1n) is 12.9. The van der Waals surface area contributed by atoms with E-state index in [0.717, 1.165) is 48.3 Å².